The molecule has 0 bridgehead atoms. The fraction of sp³-hybridized carbons (Fsp3) is 0.250. The maximum atomic E-state index is 11.6. The van der Waals surface area contributed by atoms with E-state index in [1.54, 1.807) is 25.1 Å². The number of amides is 2. The fourth-order valence-corrected chi connectivity index (χ4v) is 1.99. The molecule has 1 aromatic carbocycles. The van der Waals surface area contributed by atoms with Crippen molar-refractivity contribution in [1.82, 2.24) is 0 Å². The van der Waals surface area contributed by atoms with Gasteiger partial charge in [0.2, 0.25) is 11.8 Å². The van der Waals surface area contributed by atoms with Crippen LogP contribution in [0, 0.1) is 6.92 Å². The predicted octanol–water partition coefficient (Wildman–Crippen LogP) is 0.850. The van der Waals surface area contributed by atoms with Crippen LogP contribution >= 0.6 is 11.8 Å². The Balaban J connectivity index is 2.67. The normalized spacial score (nSPS) is 9.95. The molecule has 0 saturated heterocycles. The highest BCUT2D eigenvalue weighted by Crippen LogP contribution is 2.18. The Morgan fingerprint density at radius 3 is 2.58 bits per heavy atom. The molecule has 4 N–H and O–H groups in total. The first-order chi connectivity index (χ1) is 8.91. The van der Waals surface area contributed by atoms with Crippen molar-refractivity contribution in [2.75, 3.05) is 16.8 Å². The third kappa shape index (κ3) is 4.63. The number of hydrogen-bond acceptors (Lipinski definition) is 4. The van der Waals surface area contributed by atoms with Crippen molar-refractivity contribution < 1.29 is 19.5 Å². The van der Waals surface area contributed by atoms with Crippen molar-refractivity contribution in [1.29, 1.82) is 0 Å². The van der Waals surface area contributed by atoms with E-state index in [2.05, 4.69) is 5.32 Å². The standard InChI is InChI=1S/C12H14N2O4S/c1-7-8(12(13)18)3-2-4-9(7)14-10(15)5-19-6-11(16)17/h2-4H,5-6H2,1H3,(H2,13,18)(H,14,15)(H,16,17). The van der Waals surface area contributed by atoms with Gasteiger partial charge < -0.3 is 16.2 Å². The van der Waals surface area contributed by atoms with Crippen molar-refractivity contribution in [2.24, 2.45) is 5.73 Å². The lowest BCUT2D eigenvalue weighted by Gasteiger charge is -2.10. The highest BCUT2D eigenvalue weighted by molar-refractivity contribution is 8.00. The first kappa shape index (κ1) is 15.0. The van der Waals surface area contributed by atoms with Gasteiger partial charge in [-0.25, -0.2) is 0 Å². The van der Waals surface area contributed by atoms with Crippen molar-refractivity contribution in [3.63, 3.8) is 0 Å². The summed E-state index contributed by atoms with van der Waals surface area (Å²) in [7, 11) is 0. The van der Waals surface area contributed by atoms with Gasteiger partial charge in [0, 0.05) is 11.3 Å². The first-order valence-electron chi connectivity index (χ1n) is 5.40. The van der Waals surface area contributed by atoms with Crippen LogP contribution in [0.1, 0.15) is 15.9 Å². The van der Waals surface area contributed by atoms with E-state index in [0.29, 0.717) is 16.8 Å². The third-order valence-corrected chi connectivity index (χ3v) is 3.25. The number of primary amides is 1. The van der Waals surface area contributed by atoms with Gasteiger partial charge in [-0.15, -0.1) is 11.8 Å². The zero-order valence-corrected chi connectivity index (χ0v) is 11.1. The van der Waals surface area contributed by atoms with E-state index >= 15 is 0 Å². The minimum Gasteiger partial charge on any atom is -0.481 e. The summed E-state index contributed by atoms with van der Waals surface area (Å²) in [6.45, 7) is 1.68. The van der Waals surface area contributed by atoms with E-state index in [9.17, 15) is 14.4 Å². The first-order valence-corrected chi connectivity index (χ1v) is 6.56. The number of hydrogen-bond donors (Lipinski definition) is 3. The zero-order chi connectivity index (χ0) is 14.4. The molecule has 1 aromatic rings. The Morgan fingerprint density at radius 1 is 1.32 bits per heavy atom. The Morgan fingerprint density at radius 2 is 2.00 bits per heavy atom. The van der Waals surface area contributed by atoms with Crippen LogP contribution in [0.5, 0.6) is 0 Å². The monoisotopic (exact) mass is 282 g/mol. The molecule has 7 heteroatoms. The molecule has 0 aliphatic carbocycles. The Hall–Kier alpha value is -2.02. The molecule has 0 radical (unpaired) electrons. The van der Waals surface area contributed by atoms with E-state index in [4.69, 9.17) is 10.8 Å². The molecule has 2 amide bonds. The number of nitrogens with two attached hydrogens (primary N) is 1. The molecule has 0 heterocycles. The number of thioether (sulfide) groups is 1. The van der Waals surface area contributed by atoms with Gasteiger partial charge in [-0.3, -0.25) is 14.4 Å². The summed E-state index contributed by atoms with van der Waals surface area (Å²) in [4.78, 5) is 33.0. The van der Waals surface area contributed by atoms with Gasteiger partial charge in [0.05, 0.1) is 11.5 Å². The van der Waals surface area contributed by atoms with E-state index in [0.717, 1.165) is 11.8 Å². The average molecular weight is 282 g/mol. The lowest BCUT2D eigenvalue weighted by atomic mass is 10.1. The zero-order valence-electron chi connectivity index (χ0n) is 10.3. The maximum absolute atomic E-state index is 11.6. The molecular formula is C12H14N2O4S. The number of carboxylic acid groups (broad SMARTS) is 1. The molecule has 0 aromatic heterocycles. The van der Waals surface area contributed by atoms with Gasteiger partial charge in [-0.1, -0.05) is 6.07 Å². The topological polar surface area (TPSA) is 109 Å². The summed E-state index contributed by atoms with van der Waals surface area (Å²) in [5.74, 6) is -1.95. The lowest BCUT2D eigenvalue weighted by Crippen LogP contribution is -2.18. The molecule has 0 spiro atoms. The number of anilines is 1. The predicted molar refractivity (Wildman–Crippen MR) is 73.3 cm³/mol. The van der Waals surface area contributed by atoms with Crippen LogP contribution in [0.4, 0.5) is 5.69 Å². The summed E-state index contributed by atoms with van der Waals surface area (Å²) in [5, 5.41) is 11.1. The SMILES string of the molecule is Cc1c(NC(=O)CSCC(=O)O)cccc1C(N)=O. The second-order valence-electron chi connectivity index (χ2n) is 3.78. The minimum atomic E-state index is -0.968. The van der Waals surface area contributed by atoms with Gasteiger partial charge in [-0.05, 0) is 24.6 Å². The minimum absolute atomic E-state index is 0.0343. The van der Waals surface area contributed by atoms with Crippen LogP contribution < -0.4 is 11.1 Å². The van der Waals surface area contributed by atoms with E-state index < -0.39 is 11.9 Å². The molecule has 0 aliphatic heterocycles. The molecule has 0 unspecified atom stereocenters. The number of rotatable bonds is 6. The van der Waals surface area contributed by atoms with Gasteiger partial charge in [-0.2, -0.15) is 0 Å². The number of aliphatic carboxylic acids is 1. The average Bonchev–Trinajstić information content (AvgIpc) is 2.31. The van der Waals surface area contributed by atoms with E-state index in [1.165, 1.54) is 0 Å². The number of nitrogens with one attached hydrogen (secondary N) is 1. The summed E-state index contributed by atoms with van der Waals surface area (Å²) < 4.78 is 0. The molecule has 0 aliphatic rings. The number of carboxylic acids is 1. The van der Waals surface area contributed by atoms with Crippen molar-refractivity contribution in [2.45, 2.75) is 6.92 Å². The van der Waals surface area contributed by atoms with Crippen molar-refractivity contribution in [3.8, 4) is 0 Å². The maximum Gasteiger partial charge on any atom is 0.313 e. The van der Waals surface area contributed by atoms with Crippen LogP contribution in [0.3, 0.4) is 0 Å². The summed E-state index contributed by atoms with van der Waals surface area (Å²) in [6.07, 6.45) is 0. The van der Waals surface area contributed by atoms with Crippen molar-refractivity contribution >= 4 is 35.2 Å². The number of carbonyl (C=O) groups is 3. The fourth-order valence-electron chi connectivity index (χ4n) is 1.46. The van der Waals surface area contributed by atoms with E-state index in [1.807, 2.05) is 0 Å². The van der Waals surface area contributed by atoms with Crippen molar-refractivity contribution in [3.05, 3.63) is 29.3 Å². The molecule has 102 valence electrons. The van der Waals surface area contributed by atoms with Gasteiger partial charge >= 0.3 is 5.97 Å². The Bertz CT molecular complexity index is 516. The summed E-state index contributed by atoms with van der Waals surface area (Å²) in [6, 6.07) is 4.85. The van der Waals surface area contributed by atoms with Crippen LogP contribution in [0.2, 0.25) is 0 Å². The van der Waals surface area contributed by atoms with Gasteiger partial charge in [0.25, 0.3) is 0 Å². The summed E-state index contributed by atoms with van der Waals surface area (Å²) >= 11 is 1.00. The van der Waals surface area contributed by atoms with Crippen LogP contribution in [-0.4, -0.2) is 34.4 Å². The number of benzene rings is 1. The van der Waals surface area contributed by atoms with Gasteiger partial charge in [0.1, 0.15) is 0 Å². The highest BCUT2D eigenvalue weighted by atomic mass is 32.2. The molecule has 19 heavy (non-hydrogen) atoms. The molecular weight excluding hydrogens is 268 g/mol. The third-order valence-electron chi connectivity index (χ3n) is 2.33. The van der Waals surface area contributed by atoms with Crippen LogP contribution in [0.15, 0.2) is 18.2 Å². The van der Waals surface area contributed by atoms with Gasteiger partial charge in [0.15, 0.2) is 0 Å². The quantitative estimate of drug-likeness (QED) is 0.716. The molecule has 0 atom stereocenters. The molecule has 0 saturated carbocycles. The van der Waals surface area contributed by atoms with Crippen LogP contribution in [0.25, 0.3) is 0 Å². The lowest BCUT2D eigenvalue weighted by molar-refractivity contribution is -0.133. The second-order valence-corrected chi connectivity index (χ2v) is 4.76. The second kappa shape index (κ2) is 6.79. The highest BCUT2D eigenvalue weighted by Gasteiger charge is 2.11. The van der Waals surface area contributed by atoms with Crippen LogP contribution in [-0.2, 0) is 9.59 Å². The molecule has 0 fully saturated rings. The largest absolute Gasteiger partial charge is 0.481 e. The summed E-state index contributed by atoms with van der Waals surface area (Å²) in [5.41, 5.74) is 6.64. The Labute approximate surface area is 114 Å². The Kier molecular flexibility index (Phi) is 5.37. The smallest absolute Gasteiger partial charge is 0.313 e. The molecule has 6 nitrogen and oxygen atoms in total. The molecule has 1 rings (SSSR count). The number of carbonyl (C=O) groups excluding carboxylic acids is 2. The van der Waals surface area contributed by atoms with E-state index in [-0.39, 0.29) is 17.4 Å².